The Labute approximate surface area is 189 Å². The van der Waals surface area contributed by atoms with Gasteiger partial charge >= 0.3 is 0 Å². The fourth-order valence-corrected chi connectivity index (χ4v) is 3.30. The highest BCUT2D eigenvalue weighted by molar-refractivity contribution is 5.85. The van der Waals surface area contributed by atoms with Gasteiger partial charge in [0.2, 0.25) is 6.79 Å². The molecule has 0 spiro atoms. The summed E-state index contributed by atoms with van der Waals surface area (Å²) in [6.45, 7) is 6.94. The Morgan fingerprint density at radius 3 is 2.23 bits per heavy atom. The summed E-state index contributed by atoms with van der Waals surface area (Å²) in [5, 5.41) is 3.47. The van der Waals surface area contributed by atoms with Gasteiger partial charge in [0.05, 0.1) is 6.61 Å². The van der Waals surface area contributed by atoms with E-state index in [1.807, 2.05) is 37.3 Å². The third-order valence-corrected chi connectivity index (χ3v) is 4.92. The molecule has 3 aromatic rings. The highest BCUT2D eigenvalue weighted by Gasteiger charge is 2.13. The van der Waals surface area contributed by atoms with Crippen LogP contribution in [-0.4, -0.2) is 13.4 Å². The minimum atomic E-state index is 0. The second-order valence-corrected chi connectivity index (χ2v) is 7.28. The number of halogens is 1. The average molecular weight is 442 g/mol. The first-order chi connectivity index (χ1) is 14.7. The quantitative estimate of drug-likeness (QED) is 0.481. The lowest BCUT2D eigenvalue weighted by Crippen LogP contribution is -2.13. The Morgan fingerprint density at radius 1 is 0.774 bits per heavy atom. The van der Waals surface area contributed by atoms with Crippen molar-refractivity contribution >= 4 is 12.4 Å². The Kier molecular flexibility index (Phi) is 8.04. The van der Waals surface area contributed by atoms with Crippen LogP contribution in [0.25, 0.3) is 0 Å². The molecule has 4 rings (SSSR count). The highest BCUT2D eigenvalue weighted by Crippen LogP contribution is 2.32. The van der Waals surface area contributed by atoms with Crippen LogP contribution >= 0.6 is 12.4 Å². The molecule has 1 heterocycles. The fourth-order valence-electron chi connectivity index (χ4n) is 3.30. The molecule has 0 saturated carbocycles. The van der Waals surface area contributed by atoms with Crippen LogP contribution in [0.2, 0.25) is 0 Å². The number of rotatable bonds is 9. The van der Waals surface area contributed by atoms with Crippen molar-refractivity contribution in [2.24, 2.45) is 0 Å². The Balaban J connectivity index is 0.00000272. The normalized spacial score (nSPS) is 11.7. The average Bonchev–Trinajstić information content (AvgIpc) is 3.22. The molecule has 0 bridgehead atoms. The van der Waals surface area contributed by atoms with Gasteiger partial charge in [-0.1, -0.05) is 42.0 Å². The molecule has 164 valence electrons. The van der Waals surface area contributed by atoms with Crippen LogP contribution in [-0.2, 0) is 19.7 Å². The van der Waals surface area contributed by atoms with Gasteiger partial charge in [-0.15, -0.1) is 12.4 Å². The van der Waals surface area contributed by atoms with E-state index in [0.29, 0.717) is 20.0 Å². The SMILES string of the molecule is CCOc1cc(CNCc2ccc3c(c2)OCO3)ccc1OCc1ccc(C)cc1.Cl. The molecule has 0 atom stereocenters. The van der Waals surface area contributed by atoms with E-state index in [4.69, 9.17) is 18.9 Å². The molecule has 0 aliphatic carbocycles. The van der Waals surface area contributed by atoms with Crippen LogP contribution in [0.15, 0.2) is 60.7 Å². The van der Waals surface area contributed by atoms with Gasteiger partial charge in [-0.2, -0.15) is 0 Å². The summed E-state index contributed by atoms with van der Waals surface area (Å²) in [6, 6.07) is 20.5. The van der Waals surface area contributed by atoms with Crippen LogP contribution in [0.5, 0.6) is 23.0 Å². The molecule has 0 amide bonds. The zero-order chi connectivity index (χ0) is 20.8. The van der Waals surface area contributed by atoms with E-state index in [9.17, 15) is 0 Å². The molecule has 0 unspecified atom stereocenters. The summed E-state index contributed by atoms with van der Waals surface area (Å²) in [7, 11) is 0. The van der Waals surface area contributed by atoms with E-state index in [1.54, 1.807) is 0 Å². The van der Waals surface area contributed by atoms with E-state index in [1.165, 1.54) is 5.56 Å². The molecule has 6 heteroatoms. The summed E-state index contributed by atoms with van der Waals surface area (Å²) in [6.07, 6.45) is 0. The summed E-state index contributed by atoms with van der Waals surface area (Å²) >= 11 is 0. The molecule has 31 heavy (non-hydrogen) atoms. The zero-order valence-corrected chi connectivity index (χ0v) is 18.7. The molecule has 1 aliphatic rings. The van der Waals surface area contributed by atoms with Crippen LogP contribution in [0.1, 0.15) is 29.2 Å². The number of nitrogens with one attached hydrogen (secondary N) is 1. The molecule has 0 aromatic heterocycles. The van der Waals surface area contributed by atoms with Crippen LogP contribution < -0.4 is 24.3 Å². The smallest absolute Gasteiger partial charge is 0.231 e. The minimum absolute atomic E-state index is 0. The number of fused-ring (bicyclic) bond motifs is 1. The first kappa shape index (κ1) is 22.8. The molecule has 0 saturated heterocycles. The lowest BCUT2D eigenvalue weighted by atomic mass is 10.1. The number of benzene rings is 3. The van der Waals surface area contributed by atoms with Crippen LogP contribution in [0, 0.1) is 6.92 Å². The number of hydrogen-bond acceptors (Lipinski definition) is 5. The summed E-state index contributed by atoms with van der Waals surface area (Å²) in [4.78, 5) is 0. The zero-order valence-electron chi connectivity index (χ0n) is 17.9. The van der Waals surface area contributed by atoms with E-state index >= 15 is 0 Å². The van der Waals surface area contributed by atoms with E-state index in [-0.39, 0.29) is 12.4 Å². The van der Waals surface area contributed by atoms with E-state index in [2.05, 4.69) is 42.6 Å². The fraction of sp³-hybridized carbons (Fsp3) is 0.280. The molecule has 3 aromatic carbocycles. The topological polar surface area (TPSA) is 49.0 Å². The standard InChI is InChI=1S/C25H27NO4.ClH/c1-3-27-24-12-20(8-10-22(24)28-16-19-6-4-18(2)5-7-19)14-26-15-21-9-11-23-25(13-21)30-17-29-23;/h4-13,26H,3,14-17H2,1-2H3;1H. The molecular formula is C25H28ClNO4. The predicted molar refractivity (Wildman–Crippen MR) is 123 cm³/mol. The van der Waals surface area contributed by atoms with Gasteiger partial charge in [0.15, 0.2) is 23.0 Å². The molecule has 0 fully saturated rings. The number of aryl methyl sites for hydroxylation is 1. The first-order valence-corrected chi connectivity index (χ1v) is 10.2. The Hall–Kier alpha value is -2.89. The van der Waals surface area contributed by atoms with E-state index in [0.717, 1.165) is 52.8 Å². The molecule has 1 N–H and O–H groups in total. The molecular weight excluding hydrogens is 414 g/mol. The summed E-state index contributed by atoms with van der Waals surface area (Å²) in [5.41, 5.74) is 4.67. The maximum absolute atomic E-state index is 6.02. The van der Waals surface area contributed by atoms with Gasteiger partial charge in [-0.3, -0.25) is 0 Å². The summed E-state index contributed by atoms with van der Waals surface area (Å²) < 4.78 is 22.6. The number of hydrogen-bond donors (Lipinski definition) is 1. The van der Waals surface area contributed by atoms with Crippen molar-refractivity contribution in [3.63, 3.8) is 0 Å². The van der Waals surface area contributed by atoms with Gasteiger partial charge in [0, 0.05) is 13.1 Å². The minimum Gasteiger partial charge on any atom is -0.490 e. The van der Waals surface area contributed by atoms with E-state index < -0.39 is 0 Å². The second kappa shape index (κ2) is 10.9. The lowest BCUT2D eigenvalue weighted by Gasteiger charge is -2.14. The third-order valence-electron chi connectivity index (χ3n) is 4.92. The first-order valence-electron chi connectivity index (χ1n) is 10.2. The lowest BCUT2D eigenvalue weighted by molar-refractivity contribution is 0.174. The molecule has 0 radical (unpaired) electrons. The van der Waals surface area contributed by atoms with Gasteiger partial charge in [-0.25, -0.2) is 0 Å². The Bertz CT molecular complexity index is 991. The van der Waals surface area contributed by atoms with Crippen molar-refractivity contribution in [2.45, 2.75) is 33.5 Å². The van der Waals surface area contributed by atoms with Crippen molar-refractivity contribution < 1.29 is 18.9 Å². The monoisotopic (exact) mass is 441 g/mol. The van der Waals surface area contributed by atoms with Gasteiger partial charge in [0.25, 0.3) is 0 Å². The van der Waals surface area contributed by atoms with Crippen molar-refractivity contribution in [1.82, 2.24) is 5.32 Å². The largest absolute Gasteiger partial charge is 0.490 e. The van der Waals surface area contributed by atoms with Gasteiger partial charge in [0.1, 0.15) is 6.61 Å². The molecule has 1 aliphatic heterocycles. The highest BCUT2D eigenvalue weighted by atomic mass is 35.5. The van der Waals surface area contributed by atoms with Crippen molar-refractivity contribution in [3.8, 4) is 23.0 Å². The third kappa shape index (κ3) is 6.06. The molecule has 5 nitrogen and oxygen atoms in total. The Morgan fingerprint density at radius 2 is 1.45 bits per heavy atom. The predicted octanol–water partition coefficient (Wildman–Crippen LogP) is 5.41. The van der Waals surface area contributed by atoms with Crippen molar-refractivity contribution in [3.05, 3.63) is 82.9 Å². The van der Waals surface area contributed by atoms with Crippen LogP contribution in [0.4, 0.5) is 0 Å². The maximum Gasteiger partial charge on any atom is 0.231 e. The maximum atomic E-state index is 6.02. The van der Waals surface area contributed by atoms with Crippen molar-refractivity contribution in [1.29, 1.82) is 0 Å². The van der Waals surface area contributed by atoms with Crippen molar-refractivity contribution in [2.75, 3.05) is 13.4 Å². The van der Waals surface area contributed by atoms with Gasteiger partial charge in [-0.05, 0) is 54.8 Å². The second-order valence-electron chi connectivity index (χ2n) is 7.28. The van der Waals surface area contributed by atoms with Crippen LogP contribution in [0.3, 0.4) is 0 Å². The number of ether oxygens (including phenoxy) is 4. The summed E-state index contributed by atoms with van der Waals surface area (Å²) in [5.74, 6) is 3.15. The van der Waals surface area contributed by atoms with Gasteiger partial charge < -0.3 is 24.3 Å².